The fraction of sp³-hybridized carbons (Fsp3) is 0.300. The quantitative estimate of drug-likeness (QED) is 0.742. The number of likely N-dealkylation sites (N-methyl/N-ethyl adjacent to an activating group) is 1. The highest BCUT2D eigenvalue weighted by molar-refractivity contribution is 6.30. The van der Waals surface area contributed by atoms with Gasteiger partial charge in [0, 0.05) is 34.9 Å². The zero-order chi connectivity index (χ0) is 18.9. The van der Waals surface area contributed by atoms with Gasteiger partial charge in [-0.25, -0.2) is 0 Å². The molecule has 0 aliphatic carbocycles. The topological polar surface area (TPSA) is 61.4 Å². The Bertz CT molecular complexity index is 726. The van der Waals surface area contributed by atoms with Crippen molar-refractivity contribution in [2.24, 2.45) is 0 Å². The zero-order valence-electron chi connectivity index (χ0n) is 15.1. The predicted molar refractivity (Wildman–Crippen MR) is 106 cm³/mol. The van der Waals surface area contributed by atoms with E-state index in [2.05, 4.69) is 29.4 Å². The monoisotopic (exact) mass is 373 g/mol. The predicted octanol–water partition coefficient (Wildman–Crippen LogP) is 3.66. The van der Waals surface area contributed by atoms with E-state index in [1.807, 2.05) is 0 Å². The van der Waals surface area contributed by atoms with Crippen LogP contribution < -0.4 is 10.6 Å². The Kier molecular flexibility index (Phi) is 7.63. The summed E-state index contributed by atoms with van der Waals surface area (Å²) in [6.07, 6.45) is 0. The smallest absolute Gasteiger partial charge is 0.255 e. The fourth-order valence-electron chi connectivity index (χ4n) is 2.48. The Balaban J connectivity index is 1.88. The molecule has 0 heterocycles. The van der Waals surface area contributed by atoms with Crippen molar-refractivity contribution in [1.82, 2.24) is 10.2 Å². The van der Waals surface area contributed by atoms with Gasteiger partial charge in [0.2, 0.25) is 0 Å². The van der Waals surface area contributed by atoms with Crippen molar-refractivity contribution in [3.05, 3.63) is 64.7 Å². The van der Waals surface area contributed by atoms with Crippen LogP contribution in [-0.4, -0.2) is 42.9 Å². The highest BCUT2D eigenvalue weighted by atomic mass is 35.5. The van der Waals surface area contributed by atoms with Gasteiger partial charge >= 0.3 is 0 Å². The molecular formula is C20H24ClN3O2. The van der Waals surface area contributed by atoms with Crippen LogP contribution in [0.4, 0.5) is 5.69 Å². The Morgan fingerprint density at radius 1 is 0.885 bits per heavy atom. The van der Waals surface area contributed by atoms with Crippen LogP contribution >= 0.6 is 11.6 Å². The number of rotatable bonds is 8. The molecule has 2 amide bonds. The molecule has 2 aromatic carbocycles. The summed E-state index contributed by atoms with van der Waals surface area (Å²) >= 11 is 5.82. The van der Waals surface area contributed by atoms with Gasteiger partial charge in [0.15, 0.2) is 0 Å². The van der Waals surface area contributed by atoms with E-state index in [-0.39, 0.29) is 11.8 Å². The van der Waals surface area contributed by atoms with Gasteiger partial charge in [-0.05, 0) is 61.6 Å². The summed E-state index contributed by atoms with van der Waals surface area (Å²) in [5.74, 6) is -0.342. The maximum atomic E-state index is 12.2. The lowest BCUT2D eigenvalue weighted by molar-refractivity contribution is 0.0948. The fourth-order valence-corrected chi connectivity index (χ4v) is 2.60. The number of nitrogens with zero attached hydrogens (tertiary/aromatic N) is 1. The summed E-state index contributed by atoms with van der Waals surface area (Å²) in [6, 6.07) is 13.5. The minimum Gasteiger partial charge on any atom is -0.351 e. The summed E-state index contributed by atoms with van der Waals surface area (Å²) in [7, 11) is 0. The third-order valence-corrected chi connectivity index (χ3v) is 4.37. The molecule has 0 saturated carbocycles. The van der Waals surface area contributed by atoms with Crippen LogP contribution in [0, 0.1) is 0 Å². The Morgan fingerprint density at radius 3 is 2.00 bits per heavy atom. The van der Waals surface area contributed by atoms with E-state index in [4.69, 9.17) is 11.6 Å². The van der Waals surface area contributed by atoms with Gasteiger partial charge in [-0.2, -0.15) is 0 Å². The van der Waals surface area contributed by atoms with Gasteiger partial charge in [0.25, 0.3) is 11.8 Å². The van der Waals surface area contributed by atoms with E-state index in [9.17, 15) is 9.59 Å². The summed E-state index contributed by atoms with van der Waals surface area (Å²) in [5, 5.41) is 6.29. The maximum absolute atomic E-state index is 12.2. The largest absolute Gasteiger partial charge is 0.351 e. The minimum atomic E-state index is -0.224. The van der Waals surface area contributed by atoms with Crippen LogP contribution in [0.25, 0.3) is 0 Å². The number of amides is 2. The highest BCUT2D eigenvalue weighted by Gasteiger charge is 2.08. The van der Waals surface area contributed by atoms with Crippen molar-refractivity contribution in [2.75, 3.05) is 31.5 Å². The average Bonchev–Trinajstić information content (AvgIpc) is 2.66. The first-order valence-corrected chi connectivity index (χ1v) is 9.08. The number of benzene rings is 2. The van der Waals surface area contributed by atoms with E-state index >= 15 is 0 Å². The highest BCUT2D eigenvalue weighted by Crippen LogP contribution is 2.13. The van der Waals surface area contributed by atoms with Crippen LogP contribution in [0.5, 0.6) is 0 Å². The normalized spacial score (nSPS) is 10.6. The van der Waals surface area contributed by atoms with Gasteiger partial charge in [0.1, 0.15) is 0 Å². The lowest BCUT2D eigenvalue weighted by atomic mass is 10.1. The molecule has 0 spiro atoms. The number of halogens is 1. The molecule has 0 aliphatic rings. The molecule has 0 saturated heterocycles. The molecule has 5 nitrogen and oxygen atoms in total. The standard InChI is InChI=1S/C20H24ClN3O2/c1-3-24(4-2)14-13-22-19(25)15-7-11-18(12-8-15)23-20(26)16-5-9-17(21)10-6-16/h5-12H,3-4,13-14H2,1-2H3,(H,22,25)(H,23,26). The third kappa shape index (κ3) is 5.86. The summed E-state index contributed by atoms with van der Waals surface area (Å²) in [5.41, 5.74) is 1.71. The lowest BCUT2D eigenvalue weighted by Crippen LogP contribution is -2.34. The molecule has 2 aromatic rings. The number of hydrogen-bond donors (Lipinski definition) is 2. The number of carbonyl (C=O) groups is 2. The van der Waals surface area contributed by atoms with Crippen molar-refractivity contribution >= 4 is 29.1 Å². The van der Waals surface area contributed by atoms with E-state index in [1.165, 1.54) is 0 Å². The van der Waals surface area contributed by atoms with Crippen LogP contribution in [-0.2, 0) is 0 Å². The van der Waals surface area contributed by atoms with E-state index in [1.54, 1.807) is 48.5 Å². The summed E-state index contributed by atoms with van der Waals surface area (Å²) in [6.45, 7) is 7.57. The first-order chi connectivity index (χ1) is 12.5. The van der Waals surface area contributed by atoms with E-state index in [0.717, 1.165) is 19.6 Å². The Morgan fingerprint density at radius 2 is 1.42 bits per heavy atom. The molecule has 0 atom stereocenters. The Hall–Kier alpha value is -2.37. The van der Waals surface area contributed by atoms with Gasteiger partial charge in [-0.15, -0.1) is 0 Å². The first-order valence-electron chi connectivity index (χ1n) is 8.71. The molecule has 0 bridgehead atoms. The van der Waals surface area contributed by atoms with Crippen LogP contribution in [0.2, 0.25) is 5.02 Å². The third-order valence-electron chi connectivity index (χ3n) is 4.12. The van der Waals surface area contributed by atoms with Gasteiger partial charge < -0.3 is 15.5 Å². The minimum absolute atomic E-state index is 0.118. The van der Waals surface area contributed by atoms with Crippen LogP contribution in [0.3, 0.4) is 0 Å². The molecule has 0 aromatic heterocycles. The molecule has 26 heavy (non-hydrogen) atoms. The van der Waals surface area contributed by atoms with Gasteiger partial charge in [0.05, 0.1) is 0 Å². The van der Waals surface area contributed by atoms with Crippen molar-refractivity contribution in [1.29, 1.82) is 0 Å². The molecule has 138 valence electrons. The molecule has 0 aliphatic heterocycles. The molecule has 0 fully saturated rings. The second-order valence-electron chi connectivity index (χ2n) is 5.82. The van der Waals surface area contributed by atoms with Crippen molar-refractivity contribution in [3.8, 4) is 0 Å². The van der Waals surface area contributed by atoms with Crippen molar-refractivity contribution in [2.45, 2.75) is 13.8 Å². The molecular weight excluding hydrogens is 350 g/mol. The second kappa shape index (κ2) is 9.94. The SMILES string of the molecule is CCN(CC)CCNC(=O)c1ccc(NC(=O)c2ccc(Cl)cc2)cc1. The second-order valence-corrected chi connectivity index (χ2v) is 6.26. The van der Waals surface area contributed by atoms with Crippen LogP contribution in [0.1, 0.15) is 34.6 Å². The lowest BCUT2D eigenvalue weighted by Gasteiger charge is -2.18. The van der Waals surface area contributed by atoms with E-state index < -0.39 is 0 Å². The average molecular weight is 374 g/mol. The Labute approximate surface area is 159 Å². The first kappa shape index (κ1) is 19.9. The number of anilines is 1. The summed E-state index contributed by atoms with van der Waals surface area (Å²) < 4.78 is 0. The summed E-state index contributed by atoms with van der Waals surface area (Å²) in [4.78, 5) is 26.6. The molecule has 0 radical (unpaired) electrons. The van der Waals surface area contributed by atoms with Gasteiger partial charge in [-0.1, -0.05) is 25.4 Å². The van der Waals surface area contributed by atoms with Gasteiger partial charge in [-0.3, -0.25) is 9.59 Å². The van der Waals surface area contributed by atoms with Crippen molar-refractivity contribution in [3.63, 3.8) is 0 Å². The zero-order valence-corrected chi connectivity index (χ0v) is 15.8. The molecule has 2 N–H and O–H groups in total. The van der Waals surface area contributed by atoms with Crippen molar-refractivity contribution < 1.29 is 9.59 Å². The number of carbonyl (C=O) groups excluding carboxylic acids is 2. The van der Waals surface area contributed by atoms with E-state index in [0.29, 0.717) is 28.4 Å². The molecule has 6 heteroatoms. The number of nitrogens with one attached hydrogen (secondary N) is 2. The number of hydrogen-bond acceptors (Lipinski definition) is 3. The maximum Gasteiger partial charge on any atom is 0.255 e. The molecule has 2 rings (SSSR count). The molecule has 0 unspecified atom stereocenters. The van der Waals surface area contributed by atoms with Crippen LogP contribution in [0.15, 0.2) is 48.5 Å².